The summed E-state index contributed by atoms with van der Waals surface area (Å²) in [5.41, 5.74) is 1.21. The molecule has 0 saturated heterocycles. The smallest absolute Gasteiger partial charge is 0.246 e. The number of hydrogen-bond donors (Lipinski definition) is 0. The fourth-order valence-corrected chi connectivity index (χ4v) is 2.94. The maximum Gasteiger partial charge on any atom is 0.246 e. The molecule has 0 saturated carbocycles. The Labute approximate surface area is 110 Å². The zero-order valence-corrected chi connectivity index (χ0v) is 11.0. The highest BCUT2D eigenvalue weighted by molar-refractivity contribution is 7.12. The van der Waals surface area contributed by atoms with E-state index in [1.54, 1.807) is 24.2 Å². The van der Waals surface area contributed by atoms with E-state index in [4.69, 9.17) is 10.00 Å². The number of carbonyl (C=O) groups excluding carboxylic acids is 1. The summed E-state index contributed by atoms with van der Waals surface area (Å²) in [4.78, 5) is 15.5. The van der Waals surface area contributed by atoms with Gasteiger partial charge in [0.15, 0.2) is 0 Å². The molecule has 0 N–H and O–H groups in total. The molecule has 18 heavy (non-hydrogen) atoms. The number of ether oxygens (including phenoxy) is 1. The molecule has 0 bridgehead atoms. The van der Waals surface area contributed by atoms with Crippen molar-refractivity contribution in [2.75, 3.05) is 20.3 Å². The van der Waals surface area contributed by atoms with Crippen LogP contribution in [0.4, 0.5) is 0 Å². The molecule has 1 aromatic rings. The normalized spacial score (nSPS) is 14.6. The Balaban J connectivity index is 2.03. The minimum Gasteiger partial charge on any atom is -0.381 e. The minimum absolute atomic E-state index is 0.00427. The van der Waals surface area contributed by atoms with Crippen molar-refractivity contribution in [3.63, 3.8) is 0 Å². The summed E-state index contributed by atoms with van der Waals surface area (Å²) in [6, 6.07) is 4.09. The first-order chi connectivity index (χ1) is 8.74. The van der Waals surface area contributed by atoms with Gasteiger partial charge in [-0.3, -0.25) is 4.79 Å². The maximum atomic E-state index is 11.9. The zero-order chi connectivity index (χ0) is 13.0. The molecular weight excluding hydrogens is 248 g/mol. The lowest BCUT2D eigenvalue weighted by Gasteiger charge is -2.25. The Morgan fingerprint density at radius 3 is 3.28 bits per heavy atom. The highest BCUT2D eigenvalue weighted by atomic mass is 32.1. The first-order valence-corrected chi connectivity index (χ1v) is 6.52. The van der Waals surface area contributed by atoms with E-state index >= 15 is 0 Å². The van der Waals surface area contributed by atoms with E-state index in [0.717, 1.165) is 16.2 Å². The number of nitriles is 1. The molecule has 0 spiro atoms. The van der Waals surface area contributed by atoms with Gasteiger partial charge in [0, 0.05) is 24.6 Å². The summed E-state index contributed by atoms with van der Waals surface area (Å²) in [6.45, 7) is 1.77. The molecule has 1 aliphatic heterocycles. The first-order valence-electron chi connectivity index (χ1n) is 5.70. The number of methoxy groups -OCH3 is 1. The van der Waals surface area contributed by atoms with E-state index in [9.17, 15) is 4.79 Å². The molecule has 0 aliphatic carbocycles. The topological polar surface area (TPSA) is 53.3 Å². The Morgan fingerprint density at radius 1 is 1.72 bits per heavy atom. The van der Waals surface area contributed by atoms with Crippen LogP contribution in [0.15, 0.2) is 18.2 Å². The lowest BCUT2D eigenvalue weighted by Crippen LogP contribution is -2.34. The Kier molecular flexibility index (Phi) is 4.13. The Bertz CT molecular complexity index is 514. The molecule has 1 aliphatic rings. The van der Waals surface area contributed by atoms with Gasteiger partial charge in [-0.2, -0.15) is 5.26 Å². The van der Waals surface area contributed by atoms with Crippen molar-refractivity contribution in [3.05, 3.63) is 33.5 Å². The number of fused-ring (bicyclic) bond motifs is 1. The number of nitrogens with zero attached hydrogens (tertiary/aromatic N) is 2. The molecular formula is C13H14N2O2S. The largest absolute Gasteiger partial charge is 0.381 e. The molecule has 5 heteroatoms. The third-order valence-corrected chi connectivity index (χ3v) is 3.89. The van der Waals surface area contributed by atoms with Crippen molar-refractivity contribution in [2.24, 2.45) is 0 Å². The zero-order valence-electron chi connectivity index (χ0n) is 10.2. The van der Waals surface area contributed by atoms with Crippen molar-refractivity contribution in [1.82, 2.24) is 4.90 Å². The van der Waals surface area contributed by atoms with Gasteiger partial charge in [0.25, 0.3) is 0 Å². The van der Waals surface area contributed by atoms with Crippen LogP contribution in [0.1, 0.15) is 15.3 Å². The molecule has 1 amide bonds. The molecule has 0 aromatic carbocycles. The Morgan fingerprint density at radius 2 is 2.56 bits per heavy atom. The summed E-state index contributed by atoms with van der Waals surface area (Å²) in [5.74, 6) is 0.00427. The molecule has 0 unspecified atom stereocenters. The highest BCUT2D eigenvalue weighted by Gasteiger charge is 2.21. The van der Waals surface area contributed by atoms with Gasteiger partial charge in [0.1, 0.15) is 10.9 Å². The van der Waals surface area contributed by atoms with Crippen LogP contribution in [0, 0.1) is 11.3 Å². The van der Waals surface area contributed by atoms with Crippen molar-refractivity contribution < 1.29 is 9.53 Å². The lowest BCUT2D eigenvalue weighted by molar-refractivity contribution is -0.126. The van der Waals surface area contributed by atoms with Crippen molar-refractivity contribution in [3.8, 4) is 6.07 Å². The van der Waals surface area contributed by atoms with Gasteiger partial charge in [-0.15, -0.1) is 11.3 Å². The standard InChI is InChI=1S/C13H14N2O2S/c1-17-6-2-3-13(16)15-5-4-10-7-11(8-14)18-12(10)9-15/h2-3,7H,4-6,9H2,1H3/b3-2+. The lowest BCUT2D eigenvalue weighted by atomic mass is 10.1. The van der Waals surface area contributed by atoms with Gasteiger partial charge in [-0.1, -0.05) is 6.08 Å². The van der Waals surface area contributed by atoms with Crippen LogP contribution in [0.2, 0.25) is 0 Å². The molecule has 2 rings (SSSR count). The monoisotopic (exact) mass is 262 g/mol. The predicted octanol–water partition coefficient (Wildman–Crippen LogP) is 1.71. The second-order valence-electron chi connectivity index (χ2n) is 4.04. The van der Waals surface area contributed by atoms with Crippen LogP contribution in [0.25, 0.3) is 0 Å². The number of rotatable bonds is 3. The molecule has 0 radical (unpaired) electrons. The molecule has 4 nitrogen and oxygen atoms in total. The van der Waals surface area contributed by atoms with Crippen molar-refractivity contribution in [1.29, 1.82) is 5.26 Å². The number of amides is 1. The van der Waals surface area contributed by atoms with E-state index in [1.807, 2.05) is 6.07 Å². The number of hydrogen-bond acceptors (Lipinski definition) is 4. The SMILES string of the molecule is COC/C=C/C(=O)N1CCc2cc(C#N)sc2C1. The highest BCUT2D eigenvalue weighted by Crippen LogP contribution is 2.27. The fourth-order valence-electron chi connectivity index (χ4n) is 1.91. The van der Waals surface area contributed by atoms with E-state index in [1.165, 1.54) is 16.9 Å². The van der Waals surface area contributed by atoms with Crippen LogP contribution in [0.3, 0.4) is 0 Å². The molecule has 2 heterocycles. The quantitative estimate of drug-likeness (QED) is 0.779. The molecule has 0 atom stereocenters. The van der Waals surface area contributed by atoms with Gasteiger partial charge in [0.05, 0.1) is 13.2 Å². The van der Waals surface area contributed by atoms with Crippen LogP contribution < -0.4 is 0 Å². The fraction of sp³-hybridized carbons (Fsp3) is 0.385. The second-order valence-corrected chi connectivity index (χ2v) is 5.18. The third-order valence-electron chi connectivity index (χ3n) is 2.83. The summed E-state index contributed by atoms with van der Waals surface area (Å²) in [7, 11) is 1.59. The van der Waals surface area contributed by atoms with Crippen molar-refractivity contribution in [2.45, 2.75) is 13.0 Å². The molecule has 94 valence electrons. The summed E-state index contributed by atoms with van der Waals surface area (Å²) >= 11 is 1.48. The maximum absolute atomic E-state index is 11.9. The van der Waals surface area contributed by atoms with Crippen LogP contribution >= 0.6 is 11.3 Å². The Hall–Kier alpha value is -1.64. The average molecular weight is 262 g/mol. The second kappa shape index (κ2) is 5.80. The van der Waals surface area contributed by atoms with E-state index in [2.05, 4.69) is 6.07 Å². The molecule has 0 fully saturated rings. The van der Waals surface area contributed by atoms with Crippen LogP contribution in [-0.4, -0.2) is 31.1 Å². The van der Waals surface area contributed by atoms with E-state index in [-0.39, 0.29) is 5.91 Å². The van der Waals surface area contributed by atoms with Gasteiger partial charge in [0.2, 0.25) is 5.91 Å². The average Bonchev–Trinajstić information content (AvgIpc) is 2.80. The van der Waals surface area contributed by atoms with E-state index < -0.39 is 0 Å². The van der Waals surface area contributed by atoms with E-state index in [0.29, 0.717) is 19.7 Å². The first kappa shape index (κ1) is 12.8. The van der Waals surface area contributed by atoms with Crippen molar-refractivity contribution >= 4 is 17.2 Å². The van der Waals surface area contributed by atoms with Crippen LogP contribution in [0.5, 0.6) is 0 Å². The third kappa shape index (κ3) is 2.78. The minimum atomic E-state index is 0.00427. The summed E-state index contributed by atoms with van der Waals surface area (Å²) < 4.78 is 4.86. The van der Waals surface area contributed by atoms with Gasteiger partial charge in [-0.25, -0.2) is 0 Å². The predicted molar refractivity (Wildman–Crippen MR) is 69.2 cm³/mol. The molecule has 1 aromatic heterocycles. The summed E-state index contributed by atoms with van der Waals surface area (Å²) in [6.07, 6.45) is 4.09. The number of thiophene rings is 1. The van der Waals surface area contributed by atoms with Gasteiger partial charge >= 0.3 is 0 Å². The number of carbonyl (C=O) groups is 1. The summed E-state index contributed by atoms with van der Waals surface area (Å²) in [5, 5.41) is 8.86. The van der Waals surface area contributed by atoms with Gasteiger partial charge in [-0.05, 0) is 18.1 Å². The van der Waals surface area contributed by atoms with Crippen LogP contribution in [-0.2, 0) is 22.5 Å². The van der Waals surface area contributed by atoms with Gasteiger partial charge < -0.3 is 9.64 Å².